The molecule has 0 aliphatic carbocycles. The van der Waals surface area contributed by atoms with Crippen LogP contribution in [0.5, 0.6) is 0 Å². The van der Waals surface area contributed by atoms with E-state index in [1.165, 1.54) is 4.90 Å². The summed E-state index contributed by atoms with van der Waals surface area (Å²) in [5.74, 6) is -1.05. The maximum absolute atomic E-state index is 12.3. The van der Waals surface area contributed by atoms with Gasteiger partial charge in [0.1, 0.15) is 0 Å². The van der Waals surface area contributed by atoms with Gasteiger partial charge in [0.05, 0.1) is 13.2 Å². The normalized spacial score (nSPS) is 20.3. The zero-order chi connectivity index (χ0) is 17.8. The summed E-state index contributed by atoms with van der Waals surface area (Å²) in [4.78, 5) is 38.8. The zero-order valence-corrected chi connectivity index (χ0v) is 14.0. The summed E-state index contributed by atoms with van der Waals surface area (Å²) >= 11 is 0. The molecule has 25 heavy (non-hydrogen) atoms. The molecule has 2 aliphatic heterocycles. The molecular weight excluding hydrogens is 324 g/mol. The number of aryl methyl sites for hydroxylation is 1. The molecule has 2 heterocycles. The number of aliphatic carboxylic acids is 1. The summed E-state index contributed by atoms with van der Waals surface area (Å²) in [6, 6.07) is 7.84. The second-order valence-corrected chi connectivity index (χ2v) is 6.32. The van der Waals surface area contributed by atoms with E-state index in [2.05, 4.69) is 0 Å². The average molecular weight is 346 g/mol. The number of carboxylic acids is 1. The van der Waals surface area contributed by atoms with Crippen molar-refractivity contribution in [2.75, 3.05) is 31.1 Å². The van der Waals surface area contributed by atoms with Crippen molar-refractivity contribution in [1.82, 2.24) is 4.90 Å². The number of carboxylic acid groups (broad SMARTS) is 1. The standard InChI is InChI=1S/C18H22N2O5/c21-16(19-10-11-25-15(12-19)18(23)24)6-3-9-20-14-5-2-1-4-13(14)7-8-17(20)22/h1-2,4-5,15H,3,6-12H2,(H,23,24). The van der Waals surface area contributed by atoms with Crippen molar-refractivity contribution in [1.29, 1.82) is 0 Å². The van der Waals surface area contributed by atoms with E-state index in [4.69, 9.17) is 9.84 Å². The van der Waals surface area contributed by atoms with E-state index in [0.29, 0.717) is 25.9 Å². The number of rotatable bonds is 5. The fourth-order valence-electron chi connectivity index (χ4n) is 3.31. The molecule has 0 aromatic heterocycles. The Bertz CT molecular complexity index is 675. The van der Waals surface area contributed by atoms with Gasteiger partial charge in [0.15, 0.2) is 6.10 Å². The van der Waals surface area contributed by atoms with Crippen LogP contribution in [0.4, 0.5) is 5.69 Å². The Kier molecular flexibility index (Phi) is 5.33. The number of morpholine rings is 1. The molecule has 1 aromatic rings. The van der Waals surface area contributed by atoms with Gasteiger partial charge >= 0.3 is 5.97 Å². The van der Waals surface area contributed by atoms with Gasteiger partial charge in [-0.3, -0.25) is 9.59 Å². The lowest BCUT2D eigenvalue weighted by atomic mass is 10.0. The number of carbonyl (C=O) groups excluding carboxylic acids is 2. The van der Waals surface area contributed by atoms with E-state index in [1.54, 1.807) is 4.90 Å². The van der Waals surface area contributed by atoms with Crippen LogP contribution >= 0.6 is 0 Å². The highest BCUT2D eigenvalue weighted by Gasteiger charge is 2.29. The Morgan fingerprint density at radius 3 is 2.84 bits per heavy atom. The van der Waals surface area contributed by atoms with Crippen LogP contribution in [-0.4, -0.2) is 60.1 Å². The summed E-state index contributed by atoms with van der Waals surface area (Å²) in [5.41, 5.74) is 2.09. The number of anilines is 1. The molecule has 0 bridgehead atoms. The van der Waals surface area contributed by atoms with Crippen LogP contribution in [0.2, 0.25) is 0 Å². The van der Waals surface area contributed by atoms with Crippen LogP contribution in [-0.2, 0) is 25.5 Å². The van der Waals surface area contributed by atoms with Gasteiger partial charge in [0, 0.05) is 31.6 Å². The molecule has 7 heteroatoms. The number of ether oxygens (including phenoxy) is 1. The van der Waals surface area contributed by atoms with E-state index in [-0.39, 0.29) is 31.4 Å². The quantitative estimate of drug-likeness (QED) is 0.861. The van der Waals surface area contributed by atoms with E-state index in [9.17, 15) is 14.4 Å². The molecule has 1 fully saturated rings. The number of nitrogens with zero attached hydrogens (tertiary/aromatic N) is 2. The fourth-order valence-corrected chi connectivity index (χ4v) is 3.31. The van der Waals surface area contributed by atoms with Crippen molar-refractivity contribution in [2.45, 2.75) is 31.8 Å². The molecule has 134 valence electrons. The highest BCUT2D eigenvalue weighted by molar-refractivity contribution is 5.96. The molecule has 1 atom stereocenters. The number of hydrogen-bond acceptors (Lipinski definition) is 4. The summed E-state index contributed by atoms with van der Waals surface area (Å²) in [7, 11) is 0. The topological polar surface area (TPSA) is 87.2 Å². The SMILES string of the molecule is O=C(O)C1CN(C(=O)CCCN2C(=O)CCc3ccccc32)CCO1. The molecule has 1 saturated heterocycles. The van der Waals surface area contributed by atoms with Gasteiger partial charge in [0.2, 0.25) is 11.8 Å². The predicted molar refractivity (Wildman–Crippen MR) is 90.3 cm³/mol. The Morgan fingerprint density at radius 2 is 2.04 bits per heavy atom. The van der Waals surface area contributed by atoms with Crippen LogP contribution in [0.1, 0.15) is 24.8 Å². The van der Waals surface area contributed by atoms with E-state index in [1.807, 2.05) is 24.3 Å². The molecule has 7 nitrogen and oxygen atoms in total. The van der Waals surface area contributed by atoms with E-state index < -0.39 is 12.1 Å². The monoisotopic (exact) mass is 346 g/mol. The Morgan fingerprint density at radius 1 is 1.24 bits per heavy atom. The third kappa shape index (κ3) is 3.99. The summed E-state index contributed by atoms with van der Waals surface area (Å²) in [5, 5.41) is 9.00. The van der Waals surface area contributed by atoms with Crippen LogP contribution in [0.3, 0.4) is 0 Å². The highest BCUT2D eigenvalue weighted by Crippen LogP contribution is 2.27. The number of benzene rings is 1. The zero-order valence-electron chi connectivity index (χ0n) is 14.0. The van der Waals surface area contributed by atoms with Gasteiger partial charge in [0.25, 0.3) is 0 Å². The summed E-state index contributed by atoms with van der Waals surface area (Å²) in [6.45, 7) is 1.22. The largest absolute Gasteiger partial charge is 0.479 e. The lowest BCUT2D eigenvalue weighted by Crippen LogP contribution is -2.48. The Balaban J connectivity index is 1.53. The fraction of sp³-hybridized carbons (Fsp3) is 0.500. The predicted octanol–water partition coefficient (Wildman–Crippen LogP) is 1.06. The number of fused-ring (bicyclic) bond motifs is 1. The van der Waals surface area contributed by atoms with Gasteiger partial charge in [-0.05, 0) is 24.5 Å². The van der Waals surface area contributed by atoms with Crippen LogP contribution in [0.15, 0.2) is 24.3 Å². The van der Waals surface area contributed by atoms with Crippen LogP contribution in [0.25, 0.3) is 0 Å². The minimum Gasteiger partial charge on any atom is -0.479 e. The van der Waals surface area contributed by atoms with Gasteiger partial charge in [-0.2, -0.15) is 0 Å². The highest BCUT2D eigenvalue weighted by atomic mass is 16.5. The lowest BCUT2D eigenvalue weighted by molar-refractivity contribution is -0.159. The molecule has 3 rings (SSSR count). The first kappa shape index (κ1) is 17.4. The molecule has 2 amide bonds. The van der Waals surface area contributed by atoms with Crippen molar-refractivity contribution in [2.24, 2.45) is 0 Å². The molecule has 1 N–H and O–H groups in total. The van der Waals surface area contributed by atoms with Crippen LogP contribution < -0.4 is 4.90 Å². The lowest BCUT2D eigenvalue weighted by Gasteiger charge is -2.32. The summed E-state index contributed by atoms with van der Waals surface area (Å²) < 4.78 is 5.13. The van der Waals surface area contributed by atoms with Crippen molar-refractivity contribution in [3.63, 3.8) is 0 Å². The van der Waals surface area contributed by atoms with Crippen molar-refractivity contribution in [3.05, 3.63) is 29.8 Å². The molecule has 1 unspecified atom stereocenters. The van der Waals surface area contributed by atoms with E-state index in [0.717, 1.165) is 17.7 Å². The molecular formula is C18H22N2O5. The van der Waals surface area contributed by atoms with Gasteiger partial charge in [-0.1, -0.05) is 18.2 Å². The van der Waals surface area contributed by atoms with Gasteiger partial charge in [-0.15, -0.1) is 0 Å². The minimum absolute atomic E-state index is 0.0830. The van der Waals surface area contributed by atoms with Gasteiger partial charge < -0.3 is 19.6 Å². The first-order chi connectivity index (χ1) is 12.1. The number of para-hydroxylation sites is 1. The maximum Gasteiger partial charge on any atom is 0.334 e. The molecule has 1 aromatic carbocycles. The second kappa shape index (κ2) is 7.65. The molecule has 2 aliphatic rings. The Hall–Kier alpha value is -2.41. The van der Waals surface area contributed by atoms with Crippen molar-refractivity contribution >= 4 is 23.5 Å². The number of hydrogen-bond donors (Lipinski definition) is 1. The number of amides is 2. The summed E-state index contributed by atoms with van der Waals surface area (Å²) in [6.07, 6.45) is 1.14. The first-order valence-corrected chi connectivity index (χ1v) is 8.56. The minimum atomic E-state index is -1.05. The third-order valence-electron chi connectivity index (χ3n) is 4.66. The van der Waals surface area contributed by atoms with Gasteiger partial charge in [-0.25, -0.2) is 4.79 Å². The molecule has 0 saturated carbocycles. The molecule has 0 radical (unpaired) electrons. The van der Waals surface area contributed by atoms with Crippen LogP contribution in [0, 0.1) is 0 Å². The first-order valence-electron chi connectivity index (χ1n) is 8.56. The second-order valence-electron chi connectivity index (χ2n) is 6.32. The number of carbonyl (C=O) groups is 3. The maximum atomic E-state index is 12.3. The average Bonchev–Trinajstić information content (AvgIpc) is 2.63. The van der Waals surface area contributed by atoms with Crippen molar-refractivity contribution < 1.29 is 24.2 Å². The third-order valence-corrected chi connectivity index (χ3v) is 4.66. The Labute approximate surface area is 146 Å². The molecule has 0 spiro atoms. The van der Waals surface area contributed by atoms with Crippen molar-refractivity contribution in [3.8, 4) is 0 Å². The smallest absolute Gasteiger partial charge is 0.334 e. The van der Waals surface area contributed by atoms with E-state index >= 15 is 0 Å².